The fourth-order valence-corrected chi connectivity index (χ4v) is 4.09. The summed E-state index contributed by atoms with van der Waals surface area (Å²) in [6, 6.07) is 9.27. The van der Waals surface area contributed by atoms with Crippen LogP contribution in [-0.2, 0) is 12.8 Å². The van der Waals surface area contributed by atoms with E-state index in [1.54, 1.807) is 37.2 Å². The summed E-state index contributed by atoms with van der Waals surface area (Å²) >= 11 is 0. The van der Waals surface area contributed by atoms with Crippen LogP contribution in [0.15, 0.2) is 42.5 Å². The fourth-order valence-electron chi connectivity index (χ4n) is 4.09. The smallest absolute Gasteiger partial charge is 0.272 e. The summed E-state index contributed by atoms with van der Waals surface area (Å²) in [7, 11) is 3.38. The molecule has 1 aliphatic rings. The van der Waals surface area contributed by atoms with Crippen LogP contribution < -0.4 is 5.32 Å². The van der Waals surface area contributed by atoms with E-state index in [1.807, 2.05) is 0 Å². The molecule has 8 heteroatoms. The van der Waals surface area contributed by atoms with Gasteiger partial charge in [-0.25, -0.2) is 17.9 Å². The van der Waals surface area contributed by atoms with Crippen LogP contribution in [0.1, 0.15) is 39.8 Å². The van der Waals surface area contributed by atoms with Crippen molar-refractivity contribution in [2.75, 3.05) is 20.6 Å². The van der Waals surface area contributed by atoms with Gasteiger partial charge in [0.15, 0.2) is 5.69 Å². The predicted octanol–water partition coefficient (Wildman–Crippen LogP) is 3.81. The zero-order valence-electron chi connectivity index (χ0n) is 17.3. The van der Waals surface area contributed by atoms with Gasteiger partial charge in [-0.1, -0.05) is 18.2 Å². The fraction of sp³-hybridized carbons (Fsp3) is 0.304. The number of rotatable bonds is 6. The number of nitrogens with zero attached hydrogens (tertiary/aromatic N) is 3. The number of amides is 1. The molecule has 0 saturated carbocycles. The van der Waals surface area contributed by atoms with Gasteiger partial charge in [-0.05, 0) is 57.6 Å². The number of para-hydroxylation sites is 1. The van der Waals surface area contributed by atoms with Crippen molar-refractivity contribution >= 4 is 5.91 Å². The van der Waals surface area contributed by atoms with Gasteiger partial charge in [0.1, 0.15) is 23.1 Å². The number of fused-ring (bicyclic) bond motifs is 1. The Morgan fingerprint density at radius 1 is 1.06 bits per heavy atom. The Hall–Kier alpha value is -3.13. The van der Waals surface area contributed by atoms with E-state index in [9.17, 15) is 18.0 Å². The van der Waals surface area contributed by atoms with Gasteiger partial charge < -0.3 is 10.2 Å². The zero-order chi connectivity index (χ0) is 22.1. The van der Waals surface area contributed by atoms with Crippen molar-refractivity contribution in [3.63, 3.8) is 0 Å². The minimum atomic E-state index is -0.702. The molecule has 1 unspecified atom stereocenters. The second kappa shape index (κ2) is 8.55. The molecule has 0 aliphatic heterocycles. The van der Waals surface area contributed by atoms with Crippen molar-refractivity contribution in [1.82, 2.24) is 20.0 Å². The molecule has 1 aromatic heterocycles. The third kappa shape index (κ3) is 3.95. The third-order valence-electron chi connectivity index (χ3n) is 5.64. The van der Waals surface area contributed by atoms with Crippen LogP contribution in [0.25, 0.3) is 5.69 Å². The van der Waals surface area contributed by atoms with Gasteiger partial charge in [0.05, 0.1) is 6.04 Å². The minimum absolute atomic E-state index is 0.00891. The van der Waals surface area contributed by atoms with Gasteiger partial charge >= 0.3 is 0 Å². The Morgan fingerprint density at radius 2 is 1.74 bits per heavy atom. The monoisotopic (exact) mass is 428 g/mol. The van der Waals surface area contributed by atoms with Crippen molar-refractivity contribution in [2.24, 2.45) is 0 Å². The highest BCUT2D eigenvalue weighted by Crippen LogP contribution is 2.29. The highest BCUT2D eigenvalue weighted by atomic mass is 19.1. The van der Waals surface area contributed by atoms with Crippen molar-refractivity contribution in [3.05, 3.63) is 82.4 Å². The first-order valence-electron chi connectivity index (χ1n) is 10.1. The summed E-state index contributed by atoms with van der Waals surface area (Å²) in [5.74, 6) is -2.21. The topological polar surface area (TPSA) is 50.2 Å². The molecular formula is C23H23F3N4O. The molecule has 0 bridgehead atoms. The van der Waals surface area contributed by atoms with Crippen LogP contribution in [0.5, 0.6) is 0 Å². The molecule has 31 heavy (non-hydrogen) atoms. The molecule has 1 atom stereocenters. The van der Waals surface area contributed by atoms with E-state index in [4.69, 9.17) is 0 Å². The van der Waals surface area contributed by atoms with E-state index in [1.165, 1.54) is 28.9 Å². The van der Waals surface area contributed by atoms with Crippen LogP contribution in [-0.4, -0.2) is 41.2 Å². The Bertz CT molecular complexity index is 1110. The van der Waals surface area contributed by atoms with Crippen molar-refractivity contribution in [3.8, 4) is 5.69 Å². The van der Waals surface area contributed by atoms with Crippen molar-refractivity contribution in [1.29, 1.82) is 0 Å². The number of likely N-dealkylation sites (N-methyl/N-ethyl adjacent to an activating group) is 1. The molecule has 162 valence electrons. The van der Waals surface area contributed by atoms with Crippen LogP contribution in [0, 0.1) is 17.5 Å². The number of halogens is 3. The molecule has 2 aromatic carbocycles. The number of hydrogen-bond donors (Lipinski definition) is 1. The van der Waals surface area contributed by atoms with E-state index in [0.717, 1.165) is 17.7 Å². The molecule has 1 heterocycles. The molecule has 1 aliphatic carbocycles. The zero-order valence-corrected chi connectivity index (χ0v) is 17.3. The van der Waals surface area contributed by atoms with E-state index in [2.05, 4.69) is 10.4 Å². The van der Waals surface area contributed by atoms with Gasteiger partial charge in [0.2, 0.25) is 0 Å². The Kier molecular flexibility index (Phi) is 5.82. The maximum Gasteiger partial charge on any atom is 0.272 e. The van der Waals surface area contributed by atoms with Crippen LogP contribution >= 0.6 is 0 Å². The second-order valence-electron chi connectivity index (χ2n) is 7.82. The van der Waals surface area contributed by atoms with Crippen LogP contribution in [0.3, 0.4) is 0 Å². The Balaban J connectivity index is 1.61. The Morgan fingerprint density at radius 3 is 2.42 bits per heavy atom. The average Bonchev–Trinajstić information content (AvgIpc) is 3.33. The molecule has 4 rings (SSSR count). The predicted molar refractivity (Wildman–Crippen MR) is 111 cm³/mol. The summed E-state index contributed by atoms with van der Waals surface area (Å²) in [5.41, 5.74) is 2.02. The third-order valence-corrected chi connectivity index (χ3v) is 5.64. The van der Waals surface area contributed by atoms with Gasteiger partial charge in [0, 0.05) is 23.4 Å². The SMILES string of the molecule is CN(C)C(CNC(=O)c1nn(-c2ccccc2F)c2c1CCC2)c1c(F)cccc1F. The van der Waals surface area contributed by atoms with Gasteiger partial charge in [-0.15, -0.1) is 0 Å². The van der Waals surface area contributed by atoms with E-state index < -0.39 is 29.4 Å². The first-order valence-corrected chi connectivity index (χ1v) is 10.1. The summed E-state index contributed by atoms with van der Waals surface area (Å²) in [4.78, 5) is 14.6. The molecule has 1 N–H and O–H groups in total. The molecule has 5 nitrogen and oxygen atoms in total. The molecule has 0 saturated heterocycles. The number of nitrogens with one attached hydrogen (secondary N) is 1. The molecule has 1 amide bonds. The molecule has 3 aromatic rings. The lowest BCUT2D eigenvalue weighted by Gasteiger charge is -2.25. The first-order chi connectivity index (χ1) is 14.9. The van der Waals surface area contributed by atoms with E-state index >= 15 is 0 Å². The number of hydrogen-bond acceptors (Lipinski definition) is 3. The standard InChI is InChI=1S/C23H23F3N4O/c1-29(2)20(21-16(25)9-6-10-17(21)26)13-27-23(31)22-14-7-5-12-18(14)30(28-22)19-11-4-3-8-15(19)24/h3-4,6,8-11,20H,5,7,12-13H2,1-2H3,(H,27,31). The van der Waals surface area contributed by atoms with Crippen molar-refractivity contribution < 1.29 is 18.0 Å². The van der Waals surface area contributed by atoms with E-state index in [0.29, 0.717) is 18.5 Å². The second-order valence-corrected chi connectivity index (χ2v) is 7.82. The first kappa shape index (κ1) is 21.1. The van der Waals surface area contributed by atoms with Gasteiger partial charge in [-0.3, -0.25) is 4.79 Å². The summed E-state index contributed by atoms with van der Waals surface area (Å²) in [5, 5.41) is 7.16. The maximum atomic E-state index is 14.3. The van der Waals surface area contributed by atoms with E-state index in [-0.39, 0.29) is 17.8 Å². The molecule has 0 fully saturated rings. The lowest BCUT2D eigenvalue weighted by Crippen LogP contribution is -2.36. The van der Waals surface area contributed by atoms with Gasteiger partial charge in [0.25, 0.3) is 5.91 Å². The maximum absolute atomic E-state index is 14.3. The highest BCUT2D eigenvalue weighted by Gasteiger charge is 2.29. The summed E-state index contributed by atoms with van der Waals surface area (Å²) in [6.45, 7) is -0.00891. The normalized spacial score (nSPS) is 14.0. The Labute approximate surface area is 178 Å². The molecule has 0 radical (unpaired) electrons. The summed E-state index contributed by atoms with van der Waals surface area (Å²) < 4.78 is 44.4. The van der Waals surface area contributed by atoms with Crippen LogP contribution in [0.2, 0.25) is 0 Å². The van der Waals surface area contributed by atoms with Crippen molar-refractivity contribution in [2.45, 2.75) is 25.3 Å². The highest BCUT2D eigenvalue weighted by molar-refractivity contribution is 5.94. The summed E-state index contributed by atoms with van der Waals surface area (Å²) in [6.07, 6.45) is 2.22. The molecule has 0 spiro atoms. The quantitative estimate of drug-likeness (QED) is 0.650. The number of carbonyl (C=O) groups is 1. The average molecular weight is 428 g/mol. The number of benzene rings is 2. The molecular weight excluding hydrogens is 405 g/mol. The largest absolute Gasteiger partial charge is 0.349 e. The number of carbonyl (C=O) groups excluding carboxylic acids is 1. The van der Waals surface area contributed by atoms with Gasteiger partial charge in [-0.2, -0.15) is 5.10 Å². The minimum Gasteiger partial charge on any atom is -0.349 e. The van der Waals surface area contributed by atoms with Crippen LogP contribution in [0.4, 0.5) is 13.2 Å². The lowest BCUT2D eigenvalue weighted by molar-refractivity contribution is 0.0934. The lowest BCUT2D eigenvalue weighted by atomic mass is 10.0. The number of aromatic nitrogens is 2.